The molecule has 1 saturated carbocycles. The van der Waals surface area contributed by atoms with Gasteiger partial charge in [-0.15, -0.1) is 0 Å². The molecule has 0 aromatic heterocycles. The van der Waals surface area contributed by atoms with Gasteiger partial charge >= 0.3 is 0 Å². The van der Waals surface area contributed by atoms with Gasteiger partial charge < -0.3 is 15.5 Å². The molecular formula is C21H23N3O3. The molecule has 0 unspecified atom stereocenters. The van der Waals surface area contributed by atoms with E-state index in [-0.39, 0.29) is 23.6 Å². The molecule has 0 saturated heterocycles. The lowest BCUT2D eigenvalue weighted by Crippen LogP contribution is -2.24. The lowest BCUT2D eigenvalue weighted by Gasteiger charge is -2.15. The van der Waals surface area contributed by atoms with Crippen LogP contribution in [0, 0.1) is 11.8 Å². The summed E-state index contributed by atoms with van der Waals surface area (Å²) in [5, 5.41) is 5.64. The number of para-hydroxylation sites is 1. The average molecular weight is 365 g/mol. The van der Waals surface area contributed by atoms with Crippen LogP contribution in [-0.2, 0) is 4.79 Å². The number of hydrogen-bond donors (Lipinski definition) is 2. The van der Waals surface area contributed by atoms with Crippen molar-refractivity contribution >= 4 is 29.1 Å². The number of amides is 3. The Morgan fingerprint density at radius 3 is 2.37 bits per heavy atom. The molecule has 2 aromatic rings. The molecule has 0 bridgehead atoms. The van der Waals surface area contributed by atoms with Crippen molar-refractivity contribution in [2.24, 2.45) is 11.8 Å². The van der Waals surface area contributed by atoms with E-state index in [1.807, 2.05) is 6.92 Å². The van der Waals surface area contributed by atoms with Crippen LogP contribution in [0.2, 0.25) is 0 Å². The minimum absolute atomic E-state index is 0.0121. The zero-order chi connectivity index (χ0) is 19.6. The molecule has 0 radical (unpaired) electrons. The third-order valence-corrected chi connectivity index (χ3v) is 4.65. The molecular weight excluding hydrogens is 342 g/mol. The second-order valence-electron chi connectivity index (χ2n) is 7.09. The Morgan fingerprint density at radius 1 is 1.00 bits per heavy atom. The second-order valence-corrected chi connectivity index (χ2v) is 7.09. The number of carbonyl (C=O) groups is 3. The molecule has 27 heavy (non-hydrogen) atoms. The zero-order valence-corrected chi connectivity index (χ0v) is 15.7. The quantitative estimate of drug-likeness (QED) is 0.854. The molecule has 6 nitrogen and oxygen atoms in total. The van der Waals surface area contributed by atoms with Crippen molar-refractivity contribution in [2.75, 3.05) is 24.7 Å². The van der Waals surface area contributed by atoms with Crippen LogP contribution in [0.15, 0.2) is 48.5 Å². The number of nitrogens with one attached hydrogen (secondary N) is 2. The molecule has 3 amide bonds. The fourth-order valence-corrected chi connectivity index (χ4v) is 2.87. The maximum absolute atomic E-state index is 12.6. The Balaban J connectivity index is 1.74. The SMILES string of the molecule is C[C@@H]1C[C@H]1C(=O)Nc1cccc(C(=O)Nc2ccccc2C(=O)N(C)C)c1. The van der Waals surface area contributed by atoms with E-state index in [0.29, 0.717) is 28.4 Å². The van der Waals surface area contributed by atoms with Gasteiger partial charge in [-0.05, 0) is 42.7 Å². The van der Waals surface area contributed by atoms with Crippen molar-refractivity contribution in [3.63, 3.8) is 0 Å². The minimum Gasteiger partial charge on any atom is -0.345 e. The molecule has 2 N–H and O–H groups in total. The van der Waals surface area contributed by atoms with Crippen molar-refractivity contribution in [3.05, 3.63) is 59.7 Å². The third kappa shape index (κ3) is 4.34. The van der Waals surface area contributed by atoms with Crippen LogP contribution in [0.4, 0.5) is 11.4 Å². The van der Waals surface area contributed by atoms with E-state index >= 15 is 0 Å². The maximum atomic E-state index is 12.6. The summed E-state index contributed by atoms with van der Waals surface area (Å²) in [6, 6.07) is 13.7. The van der Waals surface area contributed by atoms with Crippen LogP contribution in [-0.4, -0.2) is 36.7 Å². The summed E-state index contributed by atoms with van der Waals surface area (Å²) in [5.74, 6) is -0.0639. The smallest absolute Gasteiger partial charge is 0.255 e. The fourth-order valence-electron chi connectivity index (χ4n) is 2.87. The first kappa shape index (κ1) is 18.6. The van der Waals surface area contributed by atoms with Gasteiger partial charge in [-0.3, -0.25) is 14.4 Å². The molecule has 3 rings (SSSR count). The monoisotopic (exact) mass is 365 g/mol. The van der Waals surface area contributed by atoms with E-state index in [0.717, 1.165) is 6.42 Å². The second kappa shape index (κ2) is 7.61. The number of anilines is 2. The summed E-state index contributed by atoms with van der Waals surface area (Å²) in [6.45, 7) is 2.04. The van der Waals surface area contributed by atoms with Gasteiger partial charge in [0.05, 0.1) is 11.3 Å². The van der Waals surface area contributed by atoms with Gasteiger partial charge in [-0.25, -0.2) is 0 Å². The van der Waals surface area contributed by atoms with Gasteiger partial charge in [0, 0.05) is 31.3 Å². The molecule has 6 heteroatoms. The Hall–Kier alpha value is -3.15. The minimum atomic E-state index is -0.343. The predicted molar refractivity (Wildman–Crippen MR) is 105 cm³/mol. The van der Waals surface area contributed by atoms with Crippen LogP contribution in [0.5, 0.6) is 0 Å². The third-order valence-electron chi connectivity index (χ3n) is 4.65. The Labute approximate surface area is 158 Å². The average Bonchev–Trinajstić information content (AvgIpc) is 3.38. The van der Waals surface area contributed by atoms with Gasteiger partial charge in [-0.2, -0.15) is 0 Å². The highest BCUT2D eigenvalue weighted by atomic mass is 16.2. The van der Waals surface area contributed by atoms with Gasteiger partial charge in [-0.1, -0.05) is 25.1 Å². The summed E-state index contributed by atoms with van der Waals surface area (Å²) in [4.78, 5) is 38.5. The van der Waals surface area contributed by atoms with E-state index in [1.54, 1.807) is 62.6 Å². The molecule has 2 aromatic carbocycles. The summed E-state index contributed by atoms with van der Waals surface area (Å²) in [6.07, 6.45) is 0.905. The largest absolute Gasteiger partial charge is 0.345 e. The van der Waals surface area contributed by atoms with E-state index in [1.165, 1.54) is 4.90 Å². The summed E-state index contributed by atoms with van der Waals surface area (Å²) in [7, 11) is 3.32. The molecule has 1 fully saturated rings. The van der Waals surface area contributed by atoms with E-state index in [4.69, 9.17) is 0 Å². The fraction of sp³-hybridized carbons (Fsp3) is 0.286. The highest BCUT2D eigenvalue weighted by Gasteiger charge is 2.39. The Morgan fingerprint density at radius 2 is 1.70 bits per heavy atom. The molecule has 0 heterocycles. The number of hydrogen-bond acceptors (Lipinski definition) is 3. The normalized spacial score (nSPS) is 17.7. The van der Waals surface area contributed by atoms with Gasteiger partial charge in [0.2, 0.25) is 5.91 Å². The maximum Gasteiger partial charge on any atom is 0.255 e. The molecule has 1 aliphatic carbocycles. The van der Waals surface area contributed by atoms with Crippen LogP contribution in [0.25, 0.3) is 0 Å². The molecule has 0 spiro atoms. The number of carbonyl (C=O) groups excluding carboxylic acids is 3. The van der Waals surface area contributed by atoms with Crippen molar-refractivity contribution in [1.82, 2.24) is 4.90 Å². The lowest BCUT2D eigenvalue weighted by atomic mass is 10.1. The lowest BCUT2D eigenvalue weighted by molar-refractivity contribution is -0.117. The first-order valence-corrected chi connectivity index (χ1v) is 8.89. The van der Waals surface area contributed by atoms with Gasteiger partial charge in [0.15, 0.2) is 0 Å². The first-order chi connectivity index (χ1) is 12.9. The summed E-state index contributed by atoms with van der Waals surface area (Å²) >= 11 is 0. The van der Waals surface area contributed by atoms with Crippen molar-refractivity contribution in [3.8, 4) is 0 Å². The van der Waals surface area contributed by atoms with E-state index < -0.39 is 0 Å². The molecule has 1 aliphatic rings. The van der Waals surface area contributed by atoms with Crippen LogP contribution in [0.3, 0.4) is 0 Å². The van der Waals surface area contributed by atoms with Crippen molar-refractivity contribution in [1.29, 1.82) is 0 Å². The number of rotatable bonds is 5. The Bertz CT molecular complexity index is 892. The van der Waals surface area contributed by atoms with Crippen LogP contribution >= 0.6 is 0 Å². The van der Waals surface area contributed by atoms with Crippen LogP contribution < -0.4 is 10.6 Å². The van der Waals surface area contributed by atoms with E-state index in [2.05, 4.69) is 10.6 Å². The standard InChI is InChI=1S/C21H23N3O3/c1-13-11-17(13)20(26)22-15-8-6-7-14(12-15)19(25)23-18-10-5-4-9-16(18)21(27)24(2)3/h4-10,12-13,17H,11H2,1-3H3,(H,22,26)(H,23,25)/t13-,17-/m1/s1. The summed E-state index contributed by atoms with van der Waals surface area (Å²) in [5.41, 5.74) is 1.86. The first-order valence-electron chi connectivity index (χ1n) is 8.89. The number of benzene rings is 2. The van der Waals surface area contributed by atoms with Gasteiger partial charge in [0.25, 0.3) is 11.8 Å². The Kier molecular flexibility index (Phi) is 5.26. The summed E-state index contributed by atoms with van der Waals surface area (Å²) < 4.78 is 0. The van der Waals surface area contributed by atoms with Crippen molar-refractivity contribution < 1.29 is 14.4 Å². The molecule has 0 aliphatic heterocycles. The molecule has 140 valence electrons. The van der Waals surface area contributed by atoms with Crippen LogP contribution in [0.1, 0.15) is 34.1 Å². The van der Waals surface area contributed by atoms with Crippen molar-refractivity contribution in [2.45, 2.75) is 13.3 Å². The number of nitrogens with zero attached hydrogens (tertiary/aromatic N) is 1. The highest BCUT2D eigenvalue weighted by Crippen LogP contribution is 2.38. The molecule has 2 atom stereocenters. The van der Waals surface area contributed by atoms with Gasteiger partial charge in [0.1, 0.15) is 0 Å². The topological polar surface area (TPSA) is 78.5 Å². The predicted octanol–water partition coefficient (Wildman–Crippen LogP) is 3.24. The zero-order valence-electron chi connectivity index (χ0n) is 15.7. The van der Waals surface area contributed by atoms with E-state index in [9.17, 15) is 14.4 Å². The highest BCUT2D eigenvalue weighted by molar-refractivity contribution is 6.09.